The Hall–Kier alpha value is -3.54. The summed E-state index contributed by atoms with van der Waals surface area (Å²) in [5.41, 5.74) is 0.518. The number of carbonyl (C=O) groups excluding carboxylic acids is 1. The molecule has 0 fully saturated rings. The van der Waals surface area contributed by atoms with Crippen LogP contribution in [0.1, 0.15) is 6.92 Å². The molecule has 28 heavy (non-hydrogen) atoms. The molecule has 0 bridgehead atoms. The Morgan fingerprint density at radius 1 is 0.857 bits per heavy atom. The number of amides is 1. The first-order valence-electron chi connectivity index (χ1n) is 8.82. The zero-order valence-electron chi connectivity index (χ0n) is 15.4. The van der Waals surface area contributed by atoms with E-state index >= 15 is 0 Å². The SMILES string of the molecule is CCOc1ccc(Oc2ccccc2NC(=O)COc2ccc(F)cc2)cc1. The zero-order chi connectivity index (χ0) is 19.8. The third-order valence-electron chi connectivity index (χ3n) is 3.71. The standard InChI is InChI=1S/C22H20FNO4/c1-2-26-17-11-13-19(14-12-17)28-21-6-4-3-5-20(21)24-22(25)15-27-18-9-7-16(23)8-10-18/h3-14H,2,15H2,1H3,(H,24,25). The third kappa shape index (κ3) is 5.48. The van der Waals surface area contributed by atoms with E-state index < -0.39 is 0 Å². The lowest BCUT2D eigenvalue weighted by Gasteiger charge is -2.13. The molecule has 0 heterocycles. The van der Waals surface area contributed by atoms with Gasteiger partial charge in [-0.25, -0.2) is 4.39 Å². The van der Waals surface area contributed by atoms with Crippen molar-refractivity contribution >= 4 is 11.6 Å². The van der Waals surface area contributed by atoms with E-state index in [0.717, 1.165) is 5.75 Å². The van der Waals surface area contributed by atoms with Crippen molar-refractivity contribution in [3.63, 3.8) is 0 Å². The second kappa shape index (κ2) is 9.41. The zero-order valence-corrected chi connectivity index (χ0v) is 15.4. The molecule has 0 aliphatic rings. The summed E-state index contributed by atoms with van der Waals surface area (Å²) < 4.78 is 29.5. The average molecular weight is 381 g/mol. The maximum Gasteiger partial charge on any atom is 0.262 e. The van der Waals surface area contributed by atoms with Crippen LogP contribution in [0.5, 0.6) is 23.0 Å². The van der Waals surface area contributed by atoms with Gasteiger partial charge in [-0.1, -0.05) is 12.1 Å². The molecule has 144 valence electrons. The molecule has 0 atom stereocenters. The summed E-state index contributed by atoms with van der Waals surface area (Å²) in [7, 11) is 0. The van der Waals surface area contributed by atoms with Crippen LogP contribution in [0.3, 0.4) is 0 Å². The molecule has 0 aromatic heterocycles. The lowest BCUT2D eigenvalue weighted by atomic mass is 10.2. The first-order chi connectivity index (χ1) is 13.6. The molecule has 0 radical (unpaired) electrons. The molecule has 3 aromatic carbocycles. The number of rotatable bonds is 8. The summed E-state index contributed by atoms with van der Waals surface area (Å²) in [6.45, 7) is 2.31. The minimum atomic E-state index is -0.364. The van der Waals surface area contributed by atoms with Gasteiger partial charge in [0.15, 0.2) is 12.4 Å². The summed E-state index contributed by atoms with van der Waals surface area (Å²) in [6.07, 6.45) is 0. The normalized spacial score (nSPS) is 10.2. The van der Waals surface area contributed by atoms with Crippen LogP contribution in [0.25, 0.3) is 0 Å². The van der Waals surface area contributed by atoms with Gasteiger partial charge >= 0.3 is 0 Å². The van der Waals surface area contributed by atoms with Crippen LogP contribution in [0.15, 0.2) is 72.8 Å². The van der Waals surface area contributed by atoms with Crippen LogP contribution >= 0.6 is 0 Å². The Morgan fingerprint density at radius 2 is 1.46 bits per heavy atom. The van der Waals surface area contributed by atoms with Crippen molar-refractivity contribution in [2.45, 2.75) is 6.92 Å². The average Bonchev–Trinajstić information content (AvgIpc) is 2.71. The van der Waals surface area contributed by atoms with Crippen LogP contribution in [-0.2, 0) is 4.79 Å². The minimum Gasteiger partial charge on any atom is -0.494 e. The Balaban J connectivity index is 1.61. The van der Waals surface area contributed by atoms with Crippen LogP contribution in [0, 0.1) is 5.82 Å². The molecule has 0 aliphatic carbocycles. The fourth-order valence-electron chi connectivity index (χ4n) is 2.42. The topological polar surface area (TPSA) is 56.8 Å². The second-order valence-corrected chi connectivity index (χ2v) is 5.79. The molecule has 3 rings (SSSR count). The van der Waals surface area contributed by atoms with Crippen LogP contribution < -0.4 is 19.5 Å². The van der Waals surface area contributed by atoms with Crippen molar-refractivity contribution in [1.29, 1.82) is 0 Å². The summed E-state index contributed by atoms with van der Waals surface area (Å²) in [6, 6.07) is 19.8. The monoisotopic (exact) mass is 381 g/mol. The van der Waals surface area contributed by atoms with Crippen molar-refractivity contribution in [3.8, 4) is 23.0 Å². The van der Waals surface area contributed by atoms with E-state index in [1.165, 1.54) is 24.3 Å². The van der Waals surface area contributed by atoms with E-state index in [-0.39, 0.29) is 18.3 Å². The van der Waals surface area contributed by atoms with Gasteiger partial charge in [-0.3, -0.25) is 4.79 Å². The fourth-order valence-corrected chi connectivity index (χ4v) is 2.42. The Morgan fingerprint density at radius 3 is 2.18 bits per heavy atom. The third-order valence-corrected chi connectivity index (χ3v) is 3.71. The van der Waals surface area contributed by atoms with Gasteiger partial charge in [0, 0.05) is 0 Å². The maximum absolute atomic E-state index is 12.9. The number of para-hydroxylation sites is 2. The second-order valence-electron chi connectivity index (χ2n) is 5.79. The van der Waals surface area contributed by atoms with E-state index in [1.807, 2.05) is 25.1 Å². The van der Waals surface area contributed by atoms with Gasteiger partial charge in [-0.15, -0.1) is 0 Å². The van der Waals surface area contributed by atoms with Crippen molar-refractivity contribution in [1.82, 2.24) is 0 Å². The number of halogens is 1. The first-order valence-corrected chi connectivity index (χ1v) is 8.82. The van der Waals surface area contributed by atoms with E-state index in [9.17, 15) is 9.18 Å². The van der Waals surface area contributed by atoms with E-state index in [2.05, 4.69) is 5.32 Å². The largest absolute Gasteiger partial charge is 0.494 e. The number of nitrogens with one attached hydrogen (secondary N) is 1. The Labute approximate surface area is 162 Å². The molecule has 0 spiro atoms. The number of ether oxygens (including phenoxy) is 3. The highest BCUT2D eigenvalue weighted by Crippen LogP contribution is 2.30. The highest BCUT2D eigenvalue weighted by atomic mass is 19.1. The van der Waals surface area contributed by atoms with Gasteiger partial charge in [-0.05, 0) is 67.6 Å². The lowest BCUT2D eigenvalue weighted by molar-refractivity contribution is -0.118. The van der Waals surface area contributed by atoms with Crippen LogP contribution in [-0.4, -0.2) is 19.1 Å². The highest BCUT2D eigenvalue weighted by Gasteiger charge is 2.09. The van der Waals surface area contributed by atoms with Gasteiger partial charge in [0.1, 0.15) is 23.1 Å². The molecule has 1 amide bonds. The molecule has 5 nitrogen and oxygen atoms in total. The summed E-state index contributed by atoms with van der Waals surface area (Å²) >= 11 is 0. The van der Waals surface area contributed by atoms with E-state index in [4.69, 9.17) is 14.2 Å². The van der Waals surface area contributed by atoms with Gasteiger partial charge in [-0.2, -0.15) is 0 Å². The molecule has 0 unspecified atom stereocenters. The minimum absolute atomic E-state index is 0.205. The quantitative estimate of drug-likeness (QED) is 0.594. The van der Waals surface area contributed by atoms with Gasteiger partial charge < -0.3 is 19.5 Å². The van der Waals surface area contributed by atoms with Crippen molar-refractivity contribution < 1.29 is 23.4 Å². The highest BCUT2D eigenvalue weighted by molar-refractivity contribution is 5.93. The van der Waals surface area contributed by atoms with E-state index in [0.29, 0.717) is 29.5 Å². The molecular formula is C22H20FNO4. The molecule has 6 heteroatoms. The van der Waals surface area contributed by atoms with Crippen molar-refractivity contribution in [3.05, 3.63) is 78.6 Å². The number of carbonyl (C=O) groups is 1. The number of anilines is 1. The van der Waals surface area contributed by atoms with Gasteiger partial charge in [0.2, 0.25) is 0 Å². The van der Waals surface area contributed by atoms with Crippen LogP contribution in [0.4, 0.5) is 10.1 Å². The smallest absolute Gasteiger partial charge is 0.262 e. The lowest BCUT2D eigenvalue weighted by Crippen LogP contribution is -2.20. The molecule has 3 aromatic rings. The van der Waals surface area contributed by atoms with Crippen LogP contribution in [0.2, 0.25) is 0 Å². The van der Waals surface area contributed by atoms with Gasteiger partial charge in [0.05, 0.1) is 12.3 Å². The summed E-state index contributed by atoms with van der Waals surface area (Å²) in [5, 5.41) is 2.76. The van der Waals surface area contributed by atoms with E-state index in [1.54, 1.807) is 30.3 Å². The summed E-state index contributed by atoms with van der Waals surface area (Å²) in [4.78, 5) is 12.2. The molecule has 0 saturated heterocycles. The number of hydrogen-bond acceptors (Lipinski definition) is 4. The molecule has 0 saturated carbocycles. The molecular weight excluding hydrogens is 361 g/mol. The Kier molecular flexibility index (Phi) is 6.46. The number of benzene rings is 3. The first kappa shape index (κ1) is 19.2. The van der Waals surface area contributed by atoms with Crippen molar-refractivity contribution in [2.75, 3.05) is 18.5 Å². The Bertz CT molecular complexity index is 911. The maximum atomic E-state index is 12.9. The van der Waals surface area contributed by atoms with Gasteiger partial charge in [0.25, 0.3) is 5.91 Å². The predicted octanol–water partition coefficient (Wildman–Crippen LogP) is 5.03. The molecule has 0 aliphatic heterocycles. The fraction of sp³-hybridized carbons (Fsp3) is 0.136. The summed E-state index contributed by atoms with van der Waals surface area (Å²) in [5.74, 6) is 1.57. The number of hydrogen-bond donors (Lipinski definition) is 1. The van der Waals surface area contributed by atoms with Crippen molar-refractivity contribution in [2.24, 2.45) is 0 Å². The predicted molar refractivity (Wildman–Crippen MR) is 105 cm³/mol. The molecule has 1 N–H and O–H groups in total.